The van der Waals surface area contributed by atoms with Crippen LogP contribution < -0.4 is 0 Å². The molecule has 2 unspecified atom stereocenters. The SMILES string of the molecule is CC1(c2ccc(C#N)cc2)c2ccccc2-c2nc3ccc(C4C=CC=CC4)cc3n21. The average molecular weight is 399 g/mol. The molecule has 2 heterocycles. The van der Waals surface area contributed by atoms with Gasteiger partial charge in [-0.1, -0.05) is 66.8 Å². The second-order valence-electron chi connectivity index (χ2n) is 8.48. The molecule has 0 N–H and O–H groups in total. The summed E-state index contributed by atoms with van der Waals surface area (Å²) in [5.74, 6) is 1.40. The van der Waals surface area contributed by atoms with Crippen LogP contribution in [0.2, 0.25) is 0 Å². The molecule has 3 nitrogen and oxygen atoms in total. The summed E-state index contributed by atoms with van der Waals surface area (Å²) in [6, 6.07) is 25.4. The van der Waals surface area contributed by atoms with Crippen LogP contribution in [0.25, 0.3) is 22.4 Å². The molecular weight excluding hydrogens is 378 g/mol. The van der Waals surface area contributed by atoms with Gasteiger partial charge in [-0.25, -0.2) is 4.98 Å². The van der Waals surface area contributed by atoms with Crippen molar-refractivity contribution in [3.8, 4) is 17.5 Å². The number of fused-ring (bicyclic) bond motifs is 5. The molecule has 148 valence electrons. The molecule has 6 rings (SSSR count). The first-order valence-electron chi connectivity index (χ1n) is 10.7. The molecule has 3 aromatic carbocycles. The number of nitriles is 1. The van der Waals surface area contributed by atoms with Crippen molar-refractivity contribution in [2.45, 2.75) is 24.8 Å². The Hall–Kier alpha value is -3.90. The van der Waals surface area contributed by atoms with Crippen LogP contribution in [0.1, 0.15) is 41.5 Å². The summed E-state index contributed by atoms with van der Waals surface area (Å²) in [5, 5.41) is 9.26. The fraction of sp³-hybridized carbons (Fsp3) is 0.143. The van der Waals surface area contributed by atoms with Crippen molar-refractivity contribution in [1.82, 2.24) is 9.55 Å². The van der Waals surface area contributed by atoms with E-state index in [0.29, 0.717) is 11.5 Å². The molecule has 0 saturated heterocycles. The summed E-state index contributed by atoms with van der Waals surface area (Å²) in [6.45, 7) is 2.26. The van der Waals surface area contributed by atoms with Gasteiger partial charge in [0.25, 0.3) is 0 Å². The van der Waals surface area contributed by atoms with Gasteiger partial charge in [0.2, 0.25) is 0 Å². The zero-order valence-corrected chi connectivity index (χ0v) is 17.3. The van der Waals surface area contributed by atoms with Crippen LogP contribution in [0, 0.1) is 11.3 Å². The largest absolute Gasteiger partial charge is 0.310 e. The molecule has 0 amide bonds. The number of benzene rings is 3. The molecule has 0 saturated carbocycles. The summed E-state index contributed by atoms with van der Waals surface area (Å²) in [5.41, 5.74) is 7.34. The van der Waals surface area contributed by atoms with Crippen molar-refractivity contribution in [2.75, 3.05) is 0 Å². The number of rotatable bonds is 2. The molecule has 2 atom stereocenters. The van der Waals surface area contributed by atoms with Gasteiger partial charge in [0.15, 0.2) is 0 Å². The lowest BCUT2D eigenvalue weighted by atomic mass is 9.84. The molecule has 31 heavy (non-hydrogen) atoms. The van der Waals surface area contributed by atoms with Crippen molar-refractivity contribution >= 4 is 11.0 Å². The van der Waals surface area contributed by atoms with Crippen LogP contribution in [-0.4, -0.2) is 9.55 Å². The number of aromatic nitrogens is 2. The highest BCUT2D eigenvalue weighted by Crippen LogP contribution is 2.49. The quantitative estimate of drug-likeness (QED) is 0.397. The van der Waals surface area contributed by atoms with E-state index in [9.17, 15) is 5.26 Å². The lowest BCUT2D eigenvalue weighted by Crippen LogP contribution is -2.29. The zero-order chi connectivity index (χ0) is 21.0. The number of hydrogen-bond donors (Lipinski definition) is 0. The summed E-state index contributed by atoms with van der Waals surface area (Å²) >= 11 is 0. The fourth-order valence-electron chi connectivity index (χ4n) is 5.16. The standard InChI is InChI=1S/C28H21N3/c1-28(22-14-11-19(18-29)12-15-22)24-10-6-5-9-23(24)27-30-25-16-13-21(17-26(25)31(27)28)20-7-3-2-4-8-20/h2-7,9-17,20H,8H2,1H3. The van der Waals surface area contributed by atoms with Gasteiger partial charge in [-0.3, -0.25) is 0 Å². The van der Waals surface area contributed by atoms with Crippen LogP contribution in [0.4, 0.5) is 0 Å². The van der Waals surface area contributed by atoms with Crippen molar-refractivity contribution in [1.29, 1.82) is 5.26 Å². The maximum absolute atomic E-state index is 9.26. The molecule has 3 heteroatoms. The van der Waals surface area contributed by atoms with E-state index >= 15 is 0 Å². The Balaban J connectivity index is 1.62. The number of allylic oxidation sites excluding steroid dienone is 4. The Bertz CT molecular complexity index is 1430. The number of nitrogens with zero attached hydrogens (tertiary/aromatic N) is 3. The summed E-state index contributed by atoms with van der Waals surface area (Å²) in [6.07, 6.45) is 9.78. The van der Waals surface area contributed by atoms with Crippen LogP contribution in [0.15, 0.2) is 91.0 Å². The zero-order valence-electron chi connectivity index (χ0n) is 17.3. The Labute approximate surface area is 181 Å². The van der Waals surface area contributed by atoms with Gasteiger partial charge in [-0.2, -0.15) is 5.26 Å². The van der Waals surface area contributed by atoms with Gasteiger partial charge in [-0.15, -0.1) is 0 Å². The summed E-state index contributed by atoms with van der Waals surface area (Å²) in [4.78, 5) is 5.05. The molecule has 2 aliphatic rings. The van der Waals surface area contributed by atoms with E-state index in [4.69, 9.17) is 4.98 Å². The third-order valence-corrected chi connectivity index (χ3v) is 6.80. The molecule has 0 fully saturated rings. The molecule has 4 aromatic rings. The summed E-state index contributed by atoms with van der Waals surface area (Å²) < 4.78 is 2.39. The monoisotopic (exact) mass is 399 g/mol. The molecule has 0 bridgehead atoms. The van der Waals surface area contributed by atoms with E-state index < -0.39 is 5.54 Å². The highest BCUT2D eigenvalue weighted by molar-refractivity contribution is 5.86. The Morgan fingerprint density at radius 2 is 1.87 bits per heavy atom. The Morgan fingerprint density at radius 1 is 1.03 bits per heavy atom. The molecular formula is C28H21N3. The maximum atomic E-state index is 9.26. The highest BCUT2D eigenvalue weighted by Gasteiger charge is 2.42. The van der Waals surface area contributed by atoms with Gasteiger partial charge >= 0.3 is 0 Å². The highest BCUT2D eigenvalue weighted by atomic mass is 15.2. The average Bonchev–Trinajstić information content (AvgIpc) is 3.34. The molecule has 0 radical (unpaired) electrons. The van der Waals surface area contributed by atoms with E-state index in [1.807, 2.05) is 12.1 Å². The molecule has 1 aliphatic carbocycles. The lowest BCUT2D eigenvalue weighted by molar-refractivity contribution is 0.516. The second-order valence-corrected chi connectivity index (χ2v) is 8.48. The third kappa shape index (κ3) is 2.49. The first-order valence-corrected chi connectivity index (χ1v) is 10.7. The first-order chi connectivity index (χ1) is 15.2. The Kier molecular flexibility index (Phi) is 3.79. The molecule has 0 spiro atoms. The van der Waals surface area contributed by atoms with Gasteiger partial charge in [0.05, 0.1) is 28.2 Å². The number of imidazole rings is 1. The van der Waals surface area contributed by atoms with Gasteiger partial charge in [0, 0.05) is 11.5 Å². The summed E-state index contributed by atoms with van der Waals surface area (Å²) in [7, 11) is 0. The number of hydrogen-bond acceptors (Lipinski definition) is 2. The lowest BCUT2D eigenvalue weighted by Gasteiger charge is -2.30. The minimum atomic E-state index is -0.393. The molecule has 1 aromatic heterocycles. The van der Waals surface area contributed by atoms with E-state index in [-0.39, 0.29) is 0 Å². The normalized spacial score (nSPS) is 21.1. The predicted octanol–water partition coefficient (Wildman–Crippen LogP) is 6.30. The topological polar surface area (TPSA) is 41.6 Å². The predicted molar refractivity (Wildman–Crippen MR) is 124 cm³/mol. The maximum Gasteiger partial charge on any atom is 0.142 e. The fourth-order valence-corrected chi connectivity index (χ4v) is 5.16. The van der Waals surface area contributed by atoms with Gasteiger partial charge in [-0.05, 0) is 54.3 Å². The van der Waals surface area contributed by atoms with Crippen molar-refractivity contribution in [3.05, 3.63) is 113 Å². The van der Waals surface area contributed by atoms with Gasteiger partial charge in [0.1, 0.15) is 5.82 Å². The van der Waals surface area contributed by atoms with E-state index in [2.05, 4.69) is 96.5 Å². The third-order valence-electron chi connectivity index (χ3n) is 6.80. The van der Waals surface area contributed by atoms with Crippen LogP contribution in [0.3, 0.4) is 0 Å². The Morgan fingerprint density at radius 3 is 2.65 bits per heavy atom. The van der Waals surface area contributed by atoms with E-state index in [1.165, 1.54) is 16.7 Å². The van der Waals surface area contributed by atoms with Crippen LogP contribution in [-0.2, 0) is 5.54 Å². The van der Waals surface area contributed by atoms with Crippen molar-refractivity contribution < 1.29 is 0 Å². The van der Waals surface area contributed by atoms with Crippen molar-refractivity contribution in [3.63, 3.8) is 0 Å². The molecule has 1 aliphatic heterocycles. The van der Waals surface area contributed by atoms with E-state index in [1.54, 1.807) is 0 Å². The minimum absolute atomic E-state index is 0.393. The first kappa shape index (κ1) is 17.9. The second kappa shape index (κ2) is 6.55. The minimum Gasteiger partial charge on any atom is -0.310 e. The smallest absolute Gasteiger partial charge is 0.142 e. The van der Waals surface area contributed by atoms with Gasteiger partial charge < -0.3 is 4.57 Å². The van der Waals surface area contributed by atoms with E-state index in [0.717, 1.165) is 28.8 Å². The van der Waals surface area contributed by atoms with Crippen LogP contribution >= 0.6 is 0 Å². The van der Waals surface area contributed by atoms with Crippen LogP contribution in [0.5, 0.6) is 0 Å². The van der Waals surface area contributed by atoms with Crippen molar-refractivity contribution in [2.24, 2.45) is 0 Å².